The predicted molar refractivity (Wildman–Crippen MR) is 67.6 cm³/mol. The summed E-state index contributed by atoms with van der Waals surface area (Å²) in [5.74, 6) is 1.62. The normalized spacial score (nSPS) is 15.2. The minimum atomic E-state index is 0.0802. The van der Waals surface area contributed by atoms with Crippen molar-refractivity contribution in [2.75, 3.05) is 6.54 Å². The largest absolute Gasteiger partial charge is 0.356 e. The summed E-state index contributed by atoms with van der Waals surface area (Å²) in [5.41, 5.74) is 0. The van der Waals surface area contributed by atoms with Crippen LogP contribution in [0.15, 0.2) is 0 Å². The van der Waals surface area contributed by atoms with Crippen LogP contribution in [-0.4, -0.2) is 32.3 Å². The maximum Gasteiger partial charge on any atom is 0.234 e. The summed E-state index contributed by atoms with van der Waals surface area (Å²) in [7, 11) is 0. The van der Waals surface area contributed by atoms with E-state index in [4.69, 9.17) is 0 Å². The van der Waals surface area contributed by atoms with Gasteiger partial charge in [0.1, 0.15) is 5.01 Å². The number of fused-ring (bicyclic) bond motifs is 1. The van der Waals surface area contributed by atoms with Crippen molar-refractivity contribution in [3.8, 4) is 0 Å². The highest BCUT2D eigenvalue weighted by atomic mass is 32.1. The summed E-state index contributed by atoms with van der Waals surface area (Å²) in [6.07, 6.45) is 3.67. The summed E-state index contributed by atoms with van der Waals surface area (Å²) < 4.78 is 1.86. The molecule has 3 rings (SSSR count). The van der Waals surface area contributed by atoms with E-state index in [0.29, 0.717) is 18.9 Å². The molecule has 1 aliphatic rings. The van der Waals surface area contributed by atoms with E-state index in [2.05, 4.69) is 20.6 Å². The smallest absolute Gasteiger partial charge is 0.234 e. The van der Waals surface area contributed by atoms with Crippen LogP contribution in [0.3, 0.4) is 0 Å². The predicted octanol–water partition coefficient (Wildman–Crippen LogP) is 1.13. The molecule has 0 atom stereocenters. The summed E-state index contributed by atoms with van der Waals surface area (Å²) in [6, 6.07) is 0. The number of rotatable bonds is 5. The van der Waals surface area contributed by atoms with Crippen molar-refractivity contribution < 1.29 is 4.79 Å². The zero-order valence-electron chi connectivity index (χ0n) is 10.2. The van der Waals surface area contributed by atoms with Crippen molar-refractivity contribution in [1.29, 1.82) is 0 Å². The van der Waals surface area contributed by atoms with E-state index in [1.165, 1.54) is 12.8 Å². The van der Waals surface area contributed by atoms with Crippen molar-refractivity contribution >= 4 is 22.2 Å². The molecule has 7 heteroatoms. The Morgan fingerprint density at radius 3 is 3.06 bits per heavy atom. The van der Waals surface area contributed by atoms with Gasteiger partial charge in [-0.3, -0.25) is 4.79 Å². The third-order valence-electron chi connectivity index (χ3n) is 2.98. The second kappa shape index (κ2) is 4.64. The molecule has 1 N–H and O–H groups in total. The van der Waals surface area contributed by atoms with Crippen molar-refractivity contribution in [3.05, 3.63) is 10.8 Å². The van der Waals surface area contributed by atoms with E-state index >= 15 is 0 Å². The number of nitrogens with zero attached hydrogens (tertiary/aromatic N) is 4. The van der Waals surface area contributed by atoms with Gasteiger partial charge in [0.15, 0.2) is 5.82 Å². The van der Waals surface area contributed by atoms with Gasteiger partial charge in [-0.25, -0.2) is 0 Å². The molecule has 0 radical (unpaired) electrons. The Morgan fingerprint density at radius 2 is 2.33 bits per heavy atom. The van der Waals surface area contributed by atoms with Gasteiger partial charge in [-0.2, -0.15) is 9.61 Å². The summed E-state index contributed by atoms with van der Waals surface area (Å²) >= 11 is 1.55. The second-order valence-corrected chi connectivity index (χ2v) is 5.52. The summed E-state index contributed by atoms with van der Waals surface area (Å²) in [4.78, 5) is 12.0. The number of amides is 1. The number of carbonyl (C=O) groups is 1. The molecular formula is C11H15N5OS. The Bertz CT molecular complexity index is 571. The Morgan fingerprint density at radius 1 is 1.50 bits per heavy atom. The fourth-order valence-electron chi connectivity index (χ4n) is 1.80. The lowest BCUT2D eigenvalue weighted by atomic mass is 10.4. The molecule has 1 fully saturated rings. The van der Waals surface area contributed by atoms with Gasteiger partial charge in [0.25, 0.3) is 0 Å². The lowest BCUT2D eigenvalue weighted by Gasteiger charge is -1.99. The van der Waals surface area contributed by atoms with E-state index in [9.17, 15) is 4.79 Å². The number of hydrogen-bond acceptors (Lipinski definition) is 5. The van der Waals surface area contributed by atoms with Crippen LogP contribution in [0.5, 0.6) is 0 Å². The zero-order valence-corrected chi connectivity index (χ0v) is 11.0. The third kappa shape index (κ3) is 2.22. The van der Waals surface area contributed by atoms with E-state index in [1.807, 2.05) is 11.4 Å². The number of hydrogen-bond donors (Lipinski definition) is 1. The quantitative estimate of drug-likeness (QED) is 0.879. The van der Waals surface area contributed by atoms with Crippen LogP contribution < -0.4 is 5.32 Å². The Kier molecular flexibility index (Phi) is 2.99. The van der Waals surface area contributed by atoms with Crippen LogP contribution in [0, 0.1) is 0 Å². The van der Waals surface area contributed by atoms with Crippen LogP contribution in [0.1, 0.15) is 42.9 Å². The Balaban J connectivity index is 1.67. The van der Waals surface area contributed by atoms with E-state index < -0.39 is 0 Å². The van der Waals surface area contributed by atoms with E-state index in [0.717, 1.165) is 22.2 Å². The first-order valence-corrected chi connectivity index (χ1v) is 7.07. The highest BCUT2D eigenvalue weighted by Gasteiger charge is 2.29. The third-order valence-corrected chi connectivity index (χ3v) is 3.94. The minimum absolute atomic E-state index is 0.0802. The standard InChI is InChI=1S/C11H15N5OS/c1-2-8(17)12-6-5-9-15-16-10(7-3-4-7)13-14-11(16)18-9/h7H,2-6H2,1H3,(H,12,17). The van der Waals surface area contributed by atoms with Gasteiger partial charge in [0.2, 0.25) is 10.9 Å². The Labute approximate surface area is 108 Å². The maximum absolute atomic E-state index is 11.1. The molecule has 0 saturated heterocycles. The highest BCUT2D eigenvalue weighted by Crippen LogP contribution is 2.39. The van der Waals surface area contributed by atoms with Gasteiger partial charge in [-0.05, 0) is 12.8 Å². The van der Waals surface area contributed by atoms with Gasteiger partial charge < -0.3 is 5.32 Å². The van der Waals surface area contributed by atoms with Crippen molar-refractivity contribution in [2.45, 2.75) is 38.5 Å². The summed E-state index contributed by atoms with van der Waals surface area (Å²) in [6.45, 7) is 2.48. The summed E-state index contributed by atoms with van der Waals surface area (Å²) in [5, 5.41) is 16.7. The van der Waals surface area contributed by atoms with Crippen LogP contribution in [0.25, 0.3) is 4.96 Å². The average molecular weight is 265 g/mol. The van der Waals surface area contributed by atoms with Crippen LogP contribution in [0.4, 0.5) is 0 Å². The molecule has 6 nitrogen and oxygen atoms in total. The van der Waals surface area contributed by atoms with Crippen LogP contribution in [0.2, 0.25) is 0 Å². The number of carbonyl (C=O) groups excluding carboxylic acids is 1. The van der Waals surface area contributed by atoms with Gasteiger partial charge in [0, 0.05) is 25.3 Å². The molecule has 0 spiro atoms. The SMILES string of the molecule is CCC(=O)NCCc1nn2c(C3CC3)nnc2s1. The lowest BCUT2D eigenvalue weighted by Crippen LogP contribution is -2.24. The molecule has 2 aromatic heterocycles. The fraction of sp³-hybridized carbons (Fsp3) is 0.636. The molecule has 0 bridgehead atoms. The first-order valence-electron chi connectivity index (χ1n) is 6.25. The van der Waals surface area contributed by atoms with Gasteiger partial charge in [0.05, 0.1) is 0 Å². The molecule has 0 aromatic carbocycles. The maximum atomic E-state index is 11.1. The topological polar surface area (TPSA) is 72.2 Å². The Hall–Kier alpha value is -1.50. The van der Waals surface area contributed by atoms with Crippen LogP contribution in [-0.2, 0) is 11.2 Å². The van der Waals surface area contributed by atoms with Gasteiger partial charge in [-0.15, -0.1) is 10.2 Å². The second-order valence-electron chi connectivity index (χ2n) is 4.48. The molecule has 18 heavy (non-hydrogen) atoms. The molecule has 1 aliphatic carbocycles. The first-order chi connectivity index (χ1) is 8.78. The number of aromatic nitrogens is 4. The molecule has 2 heterocycles. The van der Waals surface area contributed by atoms with Crippen molar-refractivity contribution in [3.63, 3.8) is 0 Å². The first kappa shape index (κ1) is 11.6. The molecule has 96 valence electrons. The van der Waals surface area contributed by atoms with Gasteiger partial charge in [-0.1, -0.05) is 18.3 Å². The van der Waals surface area contributed by atoms with Crippen LogP contribution >= 0.6 is 11.3 Å². The molecule has 1 amide bonds. The minimum Gasteiger partial charge on any atom is -0.356 e. The number of nitrogens with one attached hydrogen (secondary N) is 1. The molecular weight excluding hydrogens is 250 g/mol. The van der Waals surface area contributed by atoms with E-state index in [1.54, 1.807) is 11.3 Å². The molecule has 0 unspecified atom stereocenters. The molecule has 2 aromatic rings. The lowest BCUT2D eigenvalue weighted by molar-refractivity contribution is -0.120. The fourth-order valence-corrected chi connectivity index (χ4v) is 2.64. The van der Waals surface area contributed by atoms with Gasteiger partial charge >= 0.3 is 0 Å². The zero-order chi connectivity index (χ0) is 12.5. The molecule has 0 aliphatic heterocycles. The average Bonchev–Trinajstić information content (AvgIpc) is 3.01. The molecule has 1 saturated carbocycles. The monoisotopic (exact) mass is 265 g/mol. The van der Waals surface area contributed by atoms with E-state index in [-0.39, 0.29) is 5.91 Å². The van der Waals surface area contributed by atoms with Crippen molar-refractivity contribution in [2.24, 2.45) is 0 Å². The highest BCUT2D eigenvalue weighted by molar-refractivity contribution is 7.16. The van der Waals surface area contributed by atoms with Crippen molar-refractivity contribution in [1.82, 2.24) is 25.1 Å².